The van der Waals surface area contributed by atoms with Crippen molar-refractivity contribution < 1.29 is 9.72 Å². The summed E-state index contributed by atoms with van der Waals surface area (Å²) < 4.78 is 1.57. The standard InChI is InChI=1S/C19H14Cl2N4O3/c20-16-7-2-1-5-14(16)11-24-12-17(21)19(23-24)22-18(26)9-8-13-4-3-6-15(10-13)25(27)28/h1-10,12H,11H2,(H,22,23,26)/b9-8+. The van der Waals surface area contributed by atoms with Crippen molar-refractivity contribution in [1.29, 1.82) is 0 Å². The number of aromatic nitrogens is 2. The van der Waals surface area contributed by atoms with Gasteiger partial charge >= 0.3 is 0 Å². The molecule has 0 saturated carbocycles. The normalized spacial score (nSPS) is 10.9. The van der Waals surface area contributed by atoms with Crippen molar-refractivity contribution >= 4 is 46.7 Å². The van der Waals surface area contributed by atoms with Crippen molar-refractivity contribution in [3.8, 4) is 0 Å². The van der Waals surface area contributed by atoms with Crippen molar-refractivity contribution in [3.05, 3.63) is 92.1 Å². The van der Waals surface area contributed by atoms with Crippen LogP contribution in [0.2, 0.25) is 10.0 Å². The molecule has 0 aliphatic carbocycles. The molecule has 1 heterocycles. The number of anilines is 1. The molecule has 9 heteroatoms. The lowest BCUT2D eigenvalue weighted by molar-refractivity contribution is -0.384. The highest BCUT2D eigenvalue weighted by molar-refractivity contribution is 6.33. The number of nitrogens with one attached hydrogen (secondary N) is 1. The quantitative estimate of drug-likeness (QED) is 0.355. The van der Waals surface area contributed by atoms with Crippen LogP contribution < -0.4 is 5.32 Å². The lowest BCUT2D eigenvalue weighted by atomic mass is 10.2. The monoisotopic (exact) mass is 416 g/mol. The third kappa shape index (κ3) is 4.97. The summed E-state index contributed by atoms with van der Waals surface area (Å²) in [7, 11) is 0. The Morgan fingerprint density at radius 2 is 1.96 bits per heavy atom. The van der Waals surface area contributed by atoms with Gasteiger partial charge in [-0.1, -0.05) is 53.5 Å². The van der Waals surface area contributed by atoms with E-state index in [2.05, 4.69) is 10.4 Å². The van der Waals surface area contributed by atoms with Crippen LogP contribution >= 0.6 is 23.2 Å². The summed E-state index contributed by atoms with van der Waals surface area (Å²) in [5.74, 6) is -0.251. The maximum atomic E-state index is 12.1. The second-order valence-corrected chi connectivity index (χ2v) is 6.60. The first-order valence-corrected chi connectivity index (χ1v) is 8.88. The Bertz CT molecular complexity index is 1060. The first kappa shape index (κ1) is 19.6. The number of benzene rings is 2. The maximum Gasteiger partial charge on any atom is 0.270 e. The number of nitro benzene ring substituents is 1. The van der Waals surface area contributed by atoms with Crippen LogP contribution in [0.5, 0.6) is 0 Å². The Balaban J connectivity index is 1.67. The molecular weight excluding hydrogens is 403 g/mol. The molecule has 3 rings (SSSR count). The molecule has 7 nitrogen and oxygen atoms in total. The maximum absolute atomic E-state index is 12.1. The van der Waals surface area contributed by atoms with E-state index >= 15 is 0 Å². The highest BCUT2D eigenvalue weighted by Gasteiger charge is 2.11. The fourth-order valence-corrected chi connectivity index (χ4v) is 2.83. The number of nitro groups is 1. The van der Waals surface area contributed by atoms with Gasteiger partial charge in [-0.05, 0) is 23.3 Å². The van der Waals surface area contributed by atoms with E-state index in [4.69, 9.17) is 23.2 Å². The number of carbonyl (C=O) groups is 1. The van der Waals surface area contributed by atoms with Crippen molar-refractivity contribution in [1.82, 2.24) is 9.78 Å². The zero-order chi connectivity index (χ0) is 20.1. The summed E-state index contributed by atoms with van der Waals surface area (Å²) in [5, 5.41) is 18.5. The predicted octanol–water partition coefficient (Wildman–Crippen LogP) is 4.80. The zero-order valence-electron chi connectivity index (χ0n) is 14.4. The Morgan fingerprint density at radius 1 is 1.18 bits per heavy atom. The van der Waals surface area contributed by atoms with Crippen LogP contribution in [0.15, 0.2) is 60.8 Å². The van der Waals surface area contributed by atoms with Gasteiger partial charge in [0.05, 0.1) is 11.5 Å². The van der Waals surface area contributed by atoms with E-state index in [9.17, 15) is 14.9 Å². The molecule has 0 saturated heterocycles. The summed E-state index contributed by atoms with van der Waals surface area (Å²) in [6.45, 7) is 0.402. The molecule has 1 N–H and O–H groups in total. The van der Waals surface area contributed by atoms with Crippen LogP contribution in [-0.2, 0) is 11.3 Å². The van der Waals surface area contributed by atoms with Crippen LogP contribution in [0.4, 0.5) is 11.5 Å². The zero-order valence-corrected chi connectivity index (χ0v) is 15.9. The van der Waals surface area contributed by atoms with E-state index < -0.39 is 10.8 Å². The average molecular weight is 417 g/mol. The first-order chi connectivity index (χ1) is 13.4. The van der Waals surface area contributed by atoms with Gasteiger partial charge < -0.3 is 5.32 Å². The number of nitrogens with zero attached hydrogens (tertiary/aromatic N) is 3. The van der Waals surface area contributed by atoms with Gasteiger partial charge in [-0.2, -0.15) is 5.10 Å². The Hall–Kier alpha value is -3.16. The fraction of sp³-hybridized carbons (Fsp3) is 0.0526. The Morgan fingerprint density at radius 3 is 2.71 bits per heavy atom. The molecule has 0 atom stereocenters. The molecule has 3 aromatic rings. The fourth-order valence-electron chi connectivity index (χ4n) is 2.44. The van der Waals surface area contributed by atoms with Crippen LogP contribution in [0.1, 0.15) is 11.1 Å². The number of amides is 1. The molecule has 0 fully saturated rings. The van der Waals surface area contributed by atoms with Gasteiger partial charge in [-0.3, -0.25) is 19.6 Å². The van der Waals surface area contributed by atoms with E-state index in [1.165, 1.54) is 24.3 Å². The summed E-state index contributed by atoms with van der Waals surface area (Å²) in [6.07, 6.45) is 4.31. The van der Waals surface area contributed by atoms with Crippen LogP contribution in [0, 0.1) is 10.1 Å². The summed E-state index contributed by atoms with van der Waals surface area (Å²) in [5.41, 5.74) is 1.34. The van der Waals surface area contributed by atoms with Crippen LogP contribution in [0.3, 0.4) is 0 Å². The molecule has 0 spiro atoms. The molecule has 1 amide bonds. The van der Waals surface area contributed by atoms with E-state index in [1.807, 2.05) is 18.2 Å². The van der Waals surface area contributed by atoms with Gasteiger partial charge in [-0.25, -0.2) is 0 Å². The van der Waals surface area contributed by atoms with E-state index in [0.717, 1.165) is 5.56 Å². The predicted molar refractivity (Wildman–Crippen MR) is 109 cm³/mol. The molecule has 0 unspecified atom stereocenters. The minimum Gasteiger partial charge on any atom is -0.304 e. The SMILES string of the molecule is O=C(/C=C/c1cccc([N+](=O)[O-])c1)Nc1nn(Cc2ccccc2Cl)cc1Cl. The number of carbonyl (C=O) groups excluding carboxylic acids is 1. The van der Waals surface area contributed by atoms with Crippen molar-refractivity contribution in [2.75, 3.05) is 5.32 Å². The third-order valence-corrected chi connectivity index (χ3v) is 4.40. The van der Waals surface area contributed by atoms with Crippen LogP contribution in [-0.4, -0.2) is 20.6 Å². The van der Waals surface area contributed by atoms with Gasteiger partial charge in [-0.15, -0.1) is 0 Å². The van der Waals surface area contributed by atoms with Gasteiger partial charge in [0.2, 0.25) is 5.91 Å². The topological polar surface area (TPSA) is 90.1 Å². The Labute approximate surface area is 170 Å². The lowest BCUT2D eigenvalue weighted by Gasteiger charge is -2.04. The van der Waals surface area contributed by atoms with Crippen LogP contribution in [0.25, 0.3) is 6.08 Å². The molecule has 0 aliphatic heterocycles. The molecule has 0 radical (unpaired) electrons. The van der Waals surface area contributed by atoms with Gasteiger partial charge in [0.1, 0.15) is 5.02 Å². The molecular formula is C19H14Cl2N4O3. The van der Waals surface area contributed by atoms with E-state index in [-0.39, 0.29) is 16.5 Å². The number of rotatable bonds is 6. The second-order valence-electron chi connectivity index (χ2n) is 5.79. The van der Waals surface area contributed by atoms with Gasteiger partial charge in [0.25, 0.3) is 5.69 Å². The smallest absolute Gasteiger partial charge is 0.270 e. The molecule has 2 aromatic carbocycles. The summed E-state index contributed by atoms with van der Waals surface area (Å²) in [6, 6.07) is 13.3. The van der Waals surface area contributed by atoms with Crippen molar-refractivity contribution in [3.63, 3.8) is 0 Å². The summed E-state index contributed by atoms with van der Waals surface area (Å²) in [4.78, 5) is 22.4. The third-order valence-electron chi connectivity index (χ3n) is 3.76. The Kier molecular flexibility index (Phi) is 6.08. The molecule has 0 aliphatic rings. The molecule has 28 heavy (non-hydrogen) atoms. The minimum atomic E-state index is -0.497. The summed E-state index contributed by atoms with van der Waals surface area (Å²) >= 11 is 12.3. The number of halogens is 2. The van der Waals surface area contributed by atoms with E-state index in [1.54, 1.807) is 29.1 Å². The minimum absolute atomic E-state index is 0.0519. The first-order valence-electron chi connectivity index (χ1n) is 8.12. The largest absolute Gasteiger partial charge is 0.304 e. The van der Waals surface area contributed by atoms with E-state index in [0.29, 0.717) is 17.1 Å². The number of hydrogen-bond donors (Lipinski definition) is 1. The van der Waals surface area contributed by atoms with Crippen molar-refractivity contribution in [2.24, 2.45) is 0 Å². The van der Waals surface area contributed by atoms with Gasteiger partial charge in [0, 0.05) is 29.4 Å². The van der Waals surface area contributed by atoms with Gasteiger partial charge in [0.15, 0.2) is 5.82 Å². The molecule has 0 bridgehead atoms. The number of hydrogen-bond acceptors (Lipinski definition) is 4. The van der Waals surface area contributed by atoms with Crippen molar-refractivity contribution in [2.45, 2.75) is 6.54 Å². The molecule has 1 aromatic heterocycles. The highest BCUT2D eigenvalue weighted by Crippen LogP contribution is 2.22. The second kappa shape index (κ2) is 8.69. The highest BCUT2D eigenvalue weighted by atomic mass is 35.5. The lowest BCUT2D eigenvalue weighted by Crippen LogP contribution is -2.09. The number of non-ortho nitro benzene ring substituents is 1. The average Bonchev–Trinajstić information content (AvgIpc) is 3.01. The molecule has 142 valence electrons.